The van der Waals surface area contributed by atoms with Crippen LogP contribution in [0.25, 0.3) is 0 Å². The Kier molecular flexibility index (Phi) is 4.54. The van der Waals surface area contributed by atoms with Gasteiger partial charge in [-0.15, -0.1) is 13.2 Å². The van der Waals surface area contributed by atoms with E-state index in [2.05, 4.69) is 9.72 Å². The monoisotopic (exact) mass is 280 g/mol. The molecule has 19 heavy (non-hydrogen) atoms. The normalized spacial score (nSPS) is 11.2. The van der Waals surface area contributed by atoms with E-state index in [0.717, 1.165) is 7.11 Å². The zero-order valence-corrected chi connectivity index (χ0v) is 9.82. The van der Waals surface area contributed by atoms with E-state index >= 15 is 0 Å². The van der Waals surface area contributed by atoms with Crippen LogP contribution in [0.3, 0.4) is 0 Å². The Morgan fingerprint density at radius 1 is 1.53 bits per heavy atom. The summed E-state index contributed by atoms with van der Waals surface area (Å²) in [6, 6.07) is 1.17. The number of nitrogens with two attached hydrogens (primary N) is 1. The second kappa shape index (κ2) is 5.74. The summed E-state index contributed by atoms with van der Waals surface area (Å²) in [4.78, 5) is 14.1. The molecule has 0 fully saturated rings. The number of aromatic nitrogens is 1. The molecule has 1 aromatic rings. The maximum Gasteiger partial charge on any atom is 0.574 e. The van der Waals surface area contributed by atoms with Gasteiger partial charge >= 0.3 is 12.3 Å². The van der Waals surface area contributed by atoms with Crippen molar-refractivity contribution in [3.8, 4) is 11.6 Å². The molecule has 0 aliphatic heterocycles. The van der Waals surface area contributed by atoms with Gasteiger partial charge in [-0.2, -0.15) is 0 Å². The molecule has 0 spiro atoms. The molecule has 0 saturated heterocycles. The van der Waals surface area contributed by atoms with Crippen molar-refractivity contribution in [3.05, 3.63) is 17.3 Å². The number of methoxy groups -OCH3 is 1. The number of pyridine rings is 1. The second-order valence-corrected chi connectivity index (χ2v) is 3.42. The number of nitrogens with zero attached hydrogens (tertiary/aromatic N) is 1. The molecule has 0 aromatic carbocycles. The van der Waals surface area contributed by atoms with Gasteiger partial charge in [-0.1, -0.05) is 0 Å². The zero-order valence-electron chi connectivity index (χ0n) is 9.82. The SMILES string of the molecule is COc1cc(CN)c(CC(=O)O)nc1OC(F)(F)F. The third kappa shape index (κ3) is 4.28. The number of alkyl halides is 3. The summed E-state index contributed by atoms with van der Waals surface area (Å²) in [6.07, 6.45) is -5.52. The van der Waals surface area contributed by atoms with Crippen LogP contribution in [0.4, 0.5) is 13.2 Å². The Morgan fingerprint density at radius 2 is 2.16 bits per heavy atom. The number of carboxylic acids is 1. The van der Waals surface area contributed by atoms with E-state index in [0.29, 0.717) is 0 Å². The average Bonchev–Trinajstić information content (AvgIpc) is 2.26. The molecule has 1 heterocycles. The third-order valence-electron chi connectivity index (χ3n) is 2.09. The highest BCUT2D eigenvalue weighted by Gasteiger charge is 2.34. The van der Waals surface area contributed by atoms with Crippen molar-refractivity contribution in [2.24, 2.45) is 5.73 Å². The van der Waals surface area contributed by atoms with Crippen molar-refractivity contribution in [3.63, 3.8) is 0 Å². The lowest BCUT2D eigenvalue weighted by molar-refractivity contribution is -0.276. The van der Waals surface area contributed by atoms with Gasteiger partial charge in [0, 0.05) is 6.54 Å². The summed E-state index contributed by atoms with van der Waals surface area (Å²) in [5.74, 6) is -2.36. The smallest absolute Gasteiger partial charge is 0.491 e. The number of hydrogen-bond donors (Lipinski definition) is 2. The number of carbonyl (C=O) groups is 1. The molecule has 1 rings (SSSR count). The van der Waals surface area contributed by atoms with Gasteiger partial charge in [0.25, 0.3) is 5.88 Å². The van der Waals surface area contributed by atoms with Crippen LogP contribution in [0.1, 0.15) is 11.3 Å². The standard InChI is InChI=1S/C10H11F3N2O4/c1-18-7-2-5(4-14)6(3-8(16)17)15-9(7)19-10(11,12)13/h2H,3-4,14H2,1H3,(H,16,17). The summed E-state index contributed by atoms with van der Waals surface area (Å²) in [6.45, 7) is -0.0850. The maximum atomic E-state index is 12.2. The fraction of sp³-hybridized carbons (Fsp3) is 0.400. The van der Waals surface area contributed by atoms with Gasteiger partial charge in [0.15, 0.2) is 5.75 Å². The molecule has 0 unspecified atom stereocenters. The van der Waals surface area contributed by atoms with Gasteiger partial charge in [-0.05, 0) is 11.6 Å². The molecule has 0 aliphatic rings. The minimum absolute atomic E-state index is 0.0850. The van der Waals surface area contributed by atoms with Gasteiger partial charge in [-0.25, -0.2) is 4.98 Å². The highest BCUT2D eigenvalue weighted by Crippen LogP contribution is 2.32. The highest BCUT2D eigenvalue weighted by molar-refractivity contribution is 5.70. The Balaban J connectivity index is 3.24. The predicted molar refractivity (Wildman–Crippen MR) is 56.7 cm³/mol. The zero-order chi connectivity index (χ0) is 14.6. The number of hydrogen-bond acceptors (Lipinski definition) is 5. The lowest BCUT2D eigenvalue weighted by Gasteiger charge is -2.14. The Labute approximate surface area is 105 Å². The molecular weight excluding hydrogens is 269 g/mol. The minimum Gasteiger partial charge on any atom is -0.491 e. The van der Waals surface area contributed by atoms with Crippen LogP contribution >= 0.6 is 0 Å². The fourth-order valence-corrected chi connectivity index (χ4v) is 1.35. The van der Waals surface area contributed by atoms with Crippen LogP contribution in [-0.4, -0.2) is 29.5 Å². The highest BCUT2D eigenvalue weighted by atomic mass is 19.4. The summed E-state index contributed by atoms with van der Waals surface area (Å²) in [5, 5.41) is 8.66. The van der Waals surface area contributed by atoms with Crippen molar-refractivity contribution in [2.45, 2.75) is 19.3 Å². The molecule has 106 valence electrons. The van der Waals surface area contributed by atoms with Gasteiger partial charge in [-0.3, -0.25) is 4.79 Å². The number of ether oxygens (including phenoxy) is 2. The first-order valence-corrected chi connectivity index (χ1v) is 5.01. The number of carboxylic acid groups (broad SMARTS) is 1. The third-order valence-corrected chi connectivity index (χ3v) is 2.09. The molecule has 6 nitrogen and oxygen atoms in total. The lowest BCUT2D eigenvalue weighted by Crippen LogP contribution is -2.20. The minimum atomic E-state index is -4.95. The first-order valence-electron chi connectivity index (χ1n) is 5.01. The first kappa shape index (κ1) is 15.0. The largest absolute Gasteiger partial charge is 0.574 e. The van der Waals surface area contributed by atoms with Gasteiger partial charge in [0.05, 0.1) is 19.2 Å². The first-order chi connectivity index (χ1) is 8.76. The van der Waals surface area contributed by atoms with E-state index in [4.69, 9.17) is 15.6 Å². The summed E-state index contributed by atoms with van der Waals surface area (Å²) >= 11 is 0. The fourth-order valence-electron chi connectivity index (χ4n) is 1.35. The molecule has 0 bridgehead atoms. The van der Waals surface area contributed by atoms with Crippen molar-refractivity contribution >= 4 is 5.97 Å². The van der Waals surface area contributed by atoms with Crippen molar-refractivity contribution < 1.29 is 32.5 Å². The molecule has 0 amide bonds. The van der Waals surface area contributed by atoms with E-state index in [1.54, 1.807) is 0 Å². The number of aliphatic carboxylic acids is 1. The summed E-state index contributed by atoms with van der Waals surface area (Å²) in [7, 11) is 1.14. The van der Waals surface area contributed by atoms with E-state index in [1.807, 2.05) is 0 Å². The summed E-state index contributed by atoms with van der Waals surface area (Å²) in [5.41, 5.74) is 5.55. The Morgan fingerprint density at radius 3 is 2.58 bits per heavy atom. The Hall–Kier alpha value is -2.03. The van der Waals surface area contributed by atoms with E-state index in [-0.39, 0.29) is 23.6 Å². The lowest BCUT2D eigenvalue weighted by atomic mass is 10.1. The molecule has 0 aliphatic carbocycles. The van der Waals surface area contributed by atoms with Crippen LogP contribution in [-0.2, 0) is 17.8 Å². The van der Waals surface area contributed by atoms with E-state index < -0.39 is 24.6 Å². The van der Waals surface area contributed by atoms with Crippen LogP contribution in [0.15, 0.2) is 6.07 Å². The number of halogens is 3. The topological polar surface area (TPSA) is 94.7 Å². The Bertz CT molecular complexity index is 477. The van der Waals surface area contributed by atoms with Gasteiger partial charge < -0.3 is 20.3 Å². The molecule has 0 radical (unpaired) electrons. The number of rotatable bonds is 5. The molecule has 1 aromatic heterocycles. The van der Waals surface area contributed by atoms with Gasteiger partial charge in [0.2, 0.25) is 0 Å². The van der Waals surface area contributed by atoms with Crippen LogP contribution in [0.2, 0.25) is 0 Å². The molecule has 0 saturated carbocycles. The van der Waals surface area contributed by atoms with Crippen LogP contribution < -0.4 is 15.2 Å². The average molecular weight is 280 g/mol. The van der Waals surface area contributed by atoms with Crippen LogP contribution in [0.5, 0.6) is 11.6 Å². The van der Waals surface area contributed by atoms with E-state index in [9.17, 15) is 18.0 Å². The quantitative estimate of drug-likeness (QED) is 0.838. The molecule has 3 N–H and O–H groups in total. The van der Waals surface area contributed by atoms with Crippen molar-refractivity contribution in [2.75, 3.05) is 7.11 Å². The second-order valence-electron chi connectivity index (χ2n) is 3.42. The molecule has 9 heteroatoms. The van der Waals surface area contributed by atoms with Crippen LogP contribution in [0, 0.1) is 0 Å². The van der Waals surface area contributed by atoms with E-state index in [1.165, 1.54) is 6.07 Å². The maximum absolute atomic E-state index is 12.2. The van der Waals surface area contributed by atoms with Crippen molar-refractivity contribution in [1.82, 2.24) is 4.98 Å². The van der Waals surface area contributed by atoms with Gasteiger partial charge in [0.1, 0.15) is 0 Å². The molecule has 0 atom stereocenters. The van der Waals surface area contributed by atoms with Crippen molar-refractivity contribution in [1.29, 1.82) is 0 Å². The predicted octanol–water partition coefficient (Wildman–Crippen LogP) is 1.07. The summed E-state index contributed by atoms with van der Waals surface area (Å²) < 4.78 is 44.9. The molecular formula is C10H11F3N2O4.